The van der Waals surface area contributed by atoms with Crippen LogP contribution in [0.25, 0.3) is 17.0 Å². The van der Waals surface area contributed by atoms with Crippen LogP contribution in [0, 0.1) is 5.41 Å². The second-order valence-corrected chi connectivity index (χ2v) is 11.0. The van der Waals surface area contributed by atoms with Gasteiger partial charge in [0.05, 0.1) is 34.8 Å². The average molecular weight is 520 g/mol. The molecule has 0 saturated carbocycles. The SMILES string of the molecule is Cn1cc(C2=CC3(C)CN=C(Nc4ccc(-c5ccnn5C)cc4Cl)C=C3N2C(=O)OC(C)(C)C)cn1. The first-order valence-electron chi connectivity index (χ1n) is 12.0. The number of aromatic nitrogens is 4. The quantitative estimate of drug-likeness (QED) is 0.495. The lowest BCUT2D eigenvalue weighted by Crippen LogP contribution is -2.38. The van der Waals surface area contributed by atoms with Gasteiger partial charge in [-0.25, -0.2) is 9.69 Å². The maximum absolute atomic E-state index is 13.5. The number of nitrogens with one attached hydrogen (secondary N) is 1. The number of anilines is 1. The Kier molecular flexibility index (Phi) is 5.98. The minimum Gasteiger partial charge on any atom is -0.443 e. The maximum atomic E-state index is 13.5. The van der Waals surface area contributed by atoms with Crippen LogP contribution in [0.1, 0.15) is 33.3 Å². The third kappa shape index (κ3) is 4.79. The molecule has 1 N–H and O–H groups in total. The van der Waals surface area contributed by atoms with Gasteiger partial charge in [-0.1, -0.05) is 17.7 Å². The first-order chi connectivity index (χ1) is 17.4. The molecule has 0 saturated heterocycles. The van der Waals surface area contributed by atoms with Gasteiger partial charge >= 0.3 is 6.09 Å². The number of hydrogen-bond donors (Lipinski definition) is 1. The monoisotopic (exact) mass is 519 g/mol. The molecule has 0 aliphatic carbocycles. The van der Waals surface area contributed by atoms with Crippen LogP contribution in [0.2, 0.25) is 5.02 Å². The van der Waals surface area contributed by atoms with Crippen molar-refractivity contribution < 1.29 is 9.53 Å². The molecule has 9 nitrogen and oxygen atoms in total. The first-order valence-corrected chi connectivity index (χ1v) is 12.4. The van der Waals surface area contributed by atoms with Gasteiger partial charge in [-0.15, -0.1) is 0 Å². The predicted molar refractivity (Wildman–Crippen MR) is 145 cm³/mol. The first kappa shape index (κ1) is 24.8. The molecular formula is C27H30ClN7O2. The van der Waals surface area contributed by atoms with E-state index in [1.165, 1.54) is 0 Å². The van der Waals surface area contributed by atoms with Gasteiger partial charge in [0.2, 0.25) is 0 Å². The molecule has 3 aromatic rings. The number of benzene rings is 1. The van der Waals surface area contributed by atoms with Crippen molar-refractivity contribution in [3.05, 3.63) is 71.3 Å². The molecule has 2 aromatic heterocycles. The minimum absolute atomic E-state index is 0.447. The number of amidine groups is 1. The molecular weight excluding hydrogens is 490 g/mol. The van der Waals surface area contributed by atoms with Crippen molar-refractivity contribution in [1.82, 2.24) is 24.5 Å². The summed E-state index contributed by atoms with van der Waals surface area (Å²) in [7, 11) is 3.74. The zero-order chi connectivity index (χ0) is 26.5. The number of aliphatic imine (C=N–C) groups is 1. The number of aryl methyl sites for hydroxylation is 2. The van der Waals surface area contributed by atoms with Crippen molar-refractivity contribution in [2.24, 2.45) is 24.5 Å². The van der Waals surface area contributed by atoms with Gasteiger partial charge in [-0.05, 0) is 52.0 Å². The van der Waals surface area contributed by atoms with Gasteiger partial charge in [0.1, 0.15) is 11.4 Å². The Morgan fingerprint density at radius 3 is 2.57 bits per heavy atom. The Balaban J connectivity index is 1.47. The summed E-state index contributed by atoms with van der Waals surface area (Å²) in [6, 6.07) is 7.73. The zero-order valence-electron chi connectivity index (χ0n) is 21.8. The van der Waals surface area contributed by atoms with Crippen LogP contribution in [-0.4, -0.2) is 48.5 Å². The van der Waals surface area contributed by atoms with E-state index in [0.717, 1.165) is 28.2 Å². The summed E-state index contributed by atoms with van der Waals surface area (Å²) in [6.07, 6.45) is 8.88. The highest BCUT2D eigenvalue weighted by atomic mass is 35.5. The van der Waals surface area contributed by atoms with Crippen molar-refractivity contribution in [3.8, 4) is 11.3 Å². The molecule has 2 aliphatic rings. The number of amides is 1. The Morgan fingerprint density at radius 2 is 1.95 bits per heavy atom. The van der Waals surface area contributed by atoms with Crippen molar-refractivity contribution in [1.29, 1.82) is 0 Å². The summed E-state index contributed by atoms with van der Waals surface area (Å²) in [6.45, 7) is 8.09. The van der Waals surface area contributed by atoms with Gasteiger partial charge in [0.15, 0.2) is 0 Å². The van der Waals surface area contributed by atoms with E-state index < -0.39 is 17.1 Å². The van der Waals surface area contributed by atoms with E-state index in [4.69, 9.17) is 21.3 Å². The third-order valence-corrected chi connectivity index (χ3v) is 6.61. The largest absolute Gasteiger partial charge is 0.443 e. The van der Waals surface area contributed by atoms with E-state index in [-0.39, 0.29) is 0 Å². The molecule has 1 unspecified atom stereocenters. The van der Waals surface area contributed by atoms with E-state index in [1.807, 2.05) is 71.4 Å². The number of halogens is 1. The fourth-order valence-corrected chi connectivity index (χ4v) is 4.75. The van der Waals surface area contributed by atoms with E-state index in [9.17, 15) is 4.79 Å². The van der Waals surface area contributed by atoms with E-state index in [0.29, 0.717) is 23.1 Å². The van der Waals surface area contributed by atoms with Crippen LogP contribution in [0.15, 0.2) is 65.7 Å². The van der Waals surface area contributed by atoms with Crippen molar-refractivity contribution in [2.45, 2.75) is 33.3 Å². The summed E-state index contributed by atoms with van der Waals surface area (Å²) in [4.78, 5) is 19.9. The minimum atomic E-state index is -0.649. The number of carbonyl (C=O) groups is 1. The van der Waals surface area contributed by atoms with Gasteiger partial charge in [0, 0.05) is 54.8 Å². The maximum Gasteiger partial charge on any atom is 0.419 e. The Morgan fingerprint density at radius 1 is 1.16 bits per heavy atom. The van der Waals surface area contributed by atoms with Gasteiger partial charge in [-0.3, -0.25) is 14.4 Å². The number of carbonyl (C=O) groups excluding carboxylic acids is 1. The molecule has 0 spiro atoms. The molecule has 10 heteroatoms. The number of rotatable bonds is 3. The summed E-state index contributed by atoms with van der Waals surface area (Å²) >= 11 is 6.64. The topological polar surface area (TPSA) is 89.6 Å². The highest BCUT2D eigenvalue weighted by molar-refractivity contribution is 6.34. The Bertz CT molecular complexity index is 1470. The number of dihydropyridines is 1. The molecule has 1 atom stereocenters. The molecule has 2 aliphatic heterocycles. The fourth-order valence-electron chi connectivity index (χ4n) is 4.52. The lowest BCUT2D eigenvalue weighted by atomic mass is 9.86. The molecule has 1 aromatic carbocycles. The summed E-state index contributed by atoms with van der Waals surface area (Å²) in [5.41, 5.74) is 3.84. The van der Waals surface area contributed by atoms with Gasteiger partial charge < -0.3 is 10.1 Å². The normalized spacial score (nSPS) is 19.2. The molecule has 1 amide bonds. The number of nitrogens with zero attached hydrogens (tertiary/aromatic N) is 6. The van der Waals surface area contributed by atoms with Crippen LogP contribution in [0.3, 0.4) is 0 Å². The molecule has 5 rings (SSSR count). The Hall–Kier alpha value is -3.85. The van der Waals surface area contributed by atoms with E-state index >= 15 is 0 Å². The molecule has 0 radical (unpaired) electrons. The van der Waals surface area contributed by atoms with Gasteiger partial charge in [-0.2, -0.15) is 10.2 Å². The summed E-state index contributed by atoms with van der Waals surface area (Å²) < 4.78 is 9.30. The highest BCUT2D eigenvalue weighted by Gasteiger charge is 2.45. The van der Waals surface area contributed by atoms with Crippen molar-refractivity contribution >= 4 is 34.9 Å². The Labute approximate surface area is 221 Å². The highest BCUT2D eigenvalue weighted by Crippen LogP contribution is 2.47. The molecule has 0 fully saturated rings. The fraction of sp³-hybridized carbons (Fsp3) is 0.333. The molecule has 192 valence electrons. The average Bonchev–Trinajstić information content (AvgIpc) is 3.50. The second kappa shape index (κ2) is 8.92. The molecule has 37 heavy (non-hydrogen) atoms. The van der Waals surface area contributed by atoms with E-state index in [1.54, 1.807) is 26.7 Å². The van der Waals surface area contributed by atoms with Gasteiger partial charge in [0.25, 0.3) is 0 Å². The second-order valence-electron chi connectivity index (χ2n) is 10.6. The van der Waals surface area contributed by atoms with Crippen LogP contribution < -0.4 is 5.32 Å². The van der Waals surface area contributed by atoms with E-state index in [2.05, 4.69) is 28.5 Å². The zero-order valence-corrected chi connectivity index (χ0v) is 22.5. The number of hydrogen-bond acceptors (Lipinski definition) is 6. The van der Waals surface area contributed by atoms with Crippen LogP contribution >= 0.6 is 11.6 Å². The predicted octanol–water partition coefficient (Wildman–Crippen LogP) is 5.48. The number of ether oxygens (including phenoxy) is 1. The van der Waals surface area contributed by atoms with Crippen LogP contribution in [0.4, 0.5) is 10.5 Å². The van der Waals surface area contributed by atoms with Crippen LogP contribution in [0.5, 0.6) is 0 Å². The standard InChI is InChI=1S/C27H30ClN7O2/c1-26(2,3)37-25(36)35-22(18-14-31-33(5)15-18)13-27(4)16-29-24(12-23(27)35)32-20-8-7-17(11-19(20)28)21-9-10-30-34(21)6/h7-15H,16H2,1-6H3,(H,29,32). The van der Waals surface area contributed by atoms with Crippen molar-refractivity contribution in [2.75, 3.05) is 11.9 Å². The summed E-state index contributed by atoms with van der Waals surface area (Å²) in [5.74, 6) is 0.608. The lowest BCUT2D eigenvalue weighted by Gasteiger charge is -2.33. The molecule has 0 bridgehead atoms. The molecule has 4 heterocycles. The lowest BCUT2D eigenvalue weighted by molar-refractivity contribution is 0.0389. The number of fused-ring (bicyclic) bond motifs is 1. The van der Waals surface area contributed by atoms with Crippen molar-refractivity contribution in [3.63, 3.8) is 0 Å². The summed E-state index contributed by atoms with van der Waals surface area (Å²) in [5, 5.41) is 12.4. The third-order valence-electron chi connectivity index (χ3n) is 6.30. The smallest absolute Gasteiger partial charge is 0.419 e. The van der Waals surface area contributed by atoms with Crippen LogP contribution in [-0.2, 0) is 18.8 Å².